The summed E-state index contributed by atoms with van der Waals surface area (Å²) < 4.78 is 16.9. The number of hydrogen-bond acceptors (Lipinski definition) is 6. The average Bonchev–Trinajstić information content (AvgIpc) is 3.48. The van der Waals surface area contributed by atoms with Gasteiger partial charge in [-0.2, -0.15) is 0 Å². The second-order valence-corrected chi connectivity index (χ2v) is 22.7. The predicted molar refractivity (Wildman–Crippen MR) is 362 cm³/mol. The van der Waals surface area contributed by atoms with E-state index in [1.165, 1.54) is 128 Å². The SMILES string of the molecule is CC/C=C\C/C=C\C/C=C\C/C=C\C/C=C\C/C=C\C/C=C\CCCCCCCC(=O)OCC(COC(=O)CCCCCCCCCCCCC)OC(=O)CCCCCCCCCCCCCCCC/C=C\C/C=C\C/C=C\C/C=C\CC. The van der Waals surface area contributed by atoms with Gasteiger partial charge in [-0.25, -0.2) is 0 Å². The van der Waals surface area contributed by atoms with E-state index in [2.05, 4.69) is 154 Å². The first-order valence-corrected chi connectivity index (χ1v) is 34.7. The average molecular weight is 1150 g/mol. The van der Waals surface area contributed by atoms with Crippen LogP contribution in [-0.2, 0) is 28.6 Å². The summed E-state index contributed by atoms with van der Waals surface area (Å²) in [4.78, 5) is 38.4. The maximum atomic E-state index is 12.9. The third kappa shape index (κ3) is 68.2. The molecule has 0 aliphatic heterocycles. The standard InChI is InChI=1S/C77H128O6/c1-4-7-10-13-16-19-22-24-26-28-30-32-34-36-38-40-42-44-46-48-50-52-55-58-61-64-67-70-76(79)82-73-74(72-81-75(78)69-66-63-60-57-54-21-18-15-12-9-6-3)83-77(80)71-68-65-62-59-56-53-51-49-47-45-43-41-39-37-35-33-31-29-27-25-23-20-17-14-11-8-5-2/h7-8,10-11,16-17,19-20,24-27,30-33,36,38,42,44,48,50,74H,4-6,9,12-15,18,21-23,28-29,34-35,37,39-41,43,45-47,49,51-73H2,1-3H3/b10-7-,11-8-,19-16-,20-17-,26-24-,27-25-,32-30-,33-31-,38-36-,44-42-,50-48-. The van der Waals surface area contributed by atoms with E-state index < -0.39 is 6.10 Å². The monoisotopic (exact) mass is 1150 g/mol. The normalized spacial score (nSPS) is 13.0. The second kappa shape index (κ2) is 70.0. The number of allylic oxidation sites excluding steroid dienone is 22. The van der Waals surface area contributed by atoms with Gasteiger partial charge in [-0.1, -0.05) is 315 Å². The quantitative estimate of drug-likeness (QED) is 0.0261. The zero-order valence-electron chi connectivity index (χ0n) is 54.2. The first-order valence-electron chi connectivity index (χ1n) is 34.7. The van der Waals surface area contributed by atoms with Gasteiger partial charge in [-0.15, -0.1) is 0 Å². The molecule has 0 saturated carbocycles. The Labute approximate surface area is 513 Å². The van der Waals surface area contributed by atoms with Crippen LogP contribution in [0.5, 0.6) is 0 Å². The third-order valence-electron chi connectivity index (χ3n) is 14.7. The zero-order valence-corrected chi connectivity index (χ0v) is 54.2. The highest BCUT2D eigenvalue weighted by molar-refractivity contribution is 5.71. The molecule has 83 heavy (non-hydrogen) atoms. The maximum absolute atomic E-state index is 12.9. The fourth-order valence-electron chi connectivity index (χ4n) is 9.53. The molecule has 6 nitrogen and oxygen atoms in total. The van der Waals surface area contributed by atoms with Crippen molar-refractivity contribution in [1.82, 2.24) is 0 Å². The molecule has 0 N–H and O–H groups in total. The number of rotatable bonds is 62. The van der Waals surface area contributed by atoms with Crippen molar-refractivity contribution in [2.75, 3.05) is 13.2 Å². The van der Waals surface area contributed by atoms with E-state index in [4.69, 9.17) is 14.2 Å². The summed E-state index contributed by atoms with van der Waals surface area (Å²) in [5, 5.41) is 0. The number of ether oxygens (including phenoxy) is 3. The fraction of sp³-hybridized carbons (Fsp3) is 0.675. The molecule has 472 valence electrons. The van der Waals surface area contributed by atoms with Gasteiger partial charge < -0.3 is 14.2 Å². The first-order chi connectivity index (χ1) is 41.0. The number of carbonyl (C=O) groups is 3. The highest BCUT2D eigenvalue weighted by Crippen LogP contribution is 2.17. The van der Waals surface area contributed by atoms with Gasteiger partial charge in [0.15, 0.2) is 6.10 Å². The van der Waals surface area contributed by atoms with Gasteiger partial charge in [-0.05, 0) is 116 Å². The Morgan fingerprint density at radius 3 is 0.735 bits per heavy atom. The van der Waals surface area contributed by atoms with Crippen molar-refractivity contribution in [3.8, 4) is 0 Å². The Bertz CT molecular complexity index is 1750. The van der Waals surface area contributed by atoms with Gasteiger partial charge in [0.1, 0.15) is 13.2 Å². The molecule has 0 radical (unpaired) electrons. The third-order valence-corrected chi connectivity index (χ3v) is 14.7. The molecule has 1 atom stereocenters. The Morgan fingerprint density at radius 1 is 0.253 bits per heavy atom. The van der Waals surface area contributed by atoms with E-state index >= 15 is 0 Å². The summed E-state index contributed by atoms with van der Waals surface area (Å²) in [5.41, 5.74) is 0. The topological polar surface area (TPSA) is 78.9 Å². The van der Waals surface area contributed by atoms with Crippen LogP contribution in [0.3, 0.4) is 0 Å². The molecular formula is C77H128O6. The molecule has 0 aliphatic rings. The number of esters is 3. The second-order valence-electron chi connectivity index (χ2n) is 22.7. The van der Waals surface area contributed by atoms with E-state index in [9.17, 15) is 14.4 Å². The van der Waals surface area contributed by atoms with E-state index in [0.717, 1.165) is 148 Å². The van der Waals surface area contributed by atoms with Crippen molar-refractivity contribution < 1.29 is 28.6 Å². The van der Waals surface area contributed by atoms with Crippen molar-refractivity contribution in [2.24, 2.45) is 0 Å². The summed E-state index contributed by atoms with van der Waals surface area (Å²) in [7, 11) is 0. The zero-order chi connectivity index (χ0) is 59.9. The summed E-state index contributed by atoms with van der Waals surface area (Å²) >= 11 is 0. The molecule has 0 spiro atoms. The van der Waals surface area contributed by atoms with Crippen molar-refractivity contribution >= 4 is 17.9 Å². The lowest BCUT2D eigenvalue weighted by molar-refractivity contribution is -0.167. The highest BCUT2D eigenvalue weighted by atomic mass is 16.6. The van der Waals surface area contributed by atoms with Crippen LogP contribution in [-0.4, -0.2) is 37.2 Å². The van der Waals surface area contributed by atoms with E-state index in [1.54, 1.807) is 0 Å². The van der Waals surface area contributed by atoms with Gasteiger partial charge in [0.05, 0.1) is 0 Å². The van der Waals surface area contributed by atoms with Crippen LogP contribution < -0.4 is 0 Å². The molecule has 6 heteroatoms. The lowest BCUT2D eigenvalue weighted by Gasteiger charge is -2.18. The molecule has 1 unspecified atom stereocenters. The van der Waals surface area contributed by atoms with Gasteiger partial charge in [0.25, 0.3) is 0 Å². The smallest absolute Gasteiger partial charge is 0.306 e. The van der Waals surface area contributed by atoms with Crippen LogP contribution in [0.2, 0.25) is 0 Å². The number of carbonyl (C=O) groups excluding carboxylic acids is 3. The maximum Gasteiger partial charge on any atom is 0.306 e. The fourth-order valence-corrected chi connectivity index (χ4v) is 9.53. The first kappa shape index (κ1) is 78.5. The molecule has 0 aromatic carbocycles. The number of hydrogen-bond donors (Lipinski definition) is 0. The largest absolute Gasteiger partial charge is 0.462 e. The minimum Gasteiger partial charge on any atom is -0.462 e. The molecule has 0 bridgehead atoms. The van der Waals surface area contributed by atoms with Crippen LogP contribution in [0.4, 0.5) is 0 Å². The summed E-state index contributed by atoms with van der Waals surface area (Å²) in [6.07, 6.45) is 99.0. The molecule has 0 aromatic heterocycles. The molecule has 0 amide bonds. The molecule has 0 heterocycles. The van der Waals surface area contributed by atoms with Crippen LogP contribution in [0.15, 0.2) is 134 Å². The van der Waals surface area contributed by atoms with Crippen LogP contribution in [0.25, 0.3) is 0 Å². The van der Waals surface area contributed by atoms with E-state index in [1.807, 2.05) is 0 Å². The number of unbranched alkanes of at least 4 members (excludes halogenated alkanes) is 29. The summed E-state index contributed by atoms with van der Waals surface area (Å²) in [5.74, 6) is -0.897. The summed E-state index contributed by atoms with van der Waals surface area (Å²) in [6.45, 7) is 6.41. The Kier molecular flexibility index (Phi) is 66.3. The Balaban J connectivity index is 4.30. The van der Waals surface area contributed by atoms with Crippen molar-refractivity contribution in [2.45, 2.75) is 322 Å². The van der Waals surface area contributed by atoms with Gasteiger partial charge in [0.2, 0.25) is 0 Å². The lowest BCUT2D eigenvalue weighted by atomic mass is 10.0. The summed E-state index contributed by atoms with van der Waals surface area (Å²) in [6, 6.07) is 0. The predicted octanol–water partition coefficient (Wildman–Crippen LogP) is 24.1. The van der Waals surface area contributed by atoms with E-state index in [-0.39, 0.29) is 31.1 Å². The van der Waals surface area contributed by atoms with Crippen LogP contribution in [0.1, 0.15) is 316 Å². The molecular weight excluding hydrogens is 1020 g/mol. The van der Waals surface area contributed by atoms with E-state index in [0.29, 0.717) is 19.3 Å². The molecule has 0 aromatic rings. The van der Waals surface area contributed by atoms with Gasteiger partial charge >= 0.3 is 17.9 Å². The Morgan fingerprint density at radius 2 is 0.470 bits per heavy atom. The van der Waals surface area contributed by atoms with Crippen LogP contribution >= 0.6 is 0 Å². The molecule has 0 aliphatic carbocycles. The lowest BCUT2D eigenvalue weighted by Crippen LogP contribution is -2.30. The molecule has 0 rings (SSSR count). The highest BCUT2D eigenvalue weighted by Gasteiger charge is 2.19. The van der Waals surface area contributed by atoms with Crippen LogP contribution in [0, 0.1) is 0 Å². The minimum absolute atomic E-state index is 0.0844. The van der Waals surface area contributed by atoms with Gasteiger partial charge in [0, 0.05) is 19.3 Å². The Hall–Kier alpha value is -4.45. The van der Waals surface area contributed by atoms with Crippen molar-refractivity contribution in [3.63, 3.8) is 0 Å². The van der Waals surface area contributed by atoms with Crippen molar-refractivity contribution in [3.05, 3.63) is 134 Å². The molecule has 0 saturated heterocycles. The molecule has 0 fully saturated rings. The van der Waals surface area contributed by atoms with Gasteiger partial charge in [-0.3, -0.25) is 14.4 Å². The van der Waals surface area contributed by atoms with Crippen molar-refractivity contribution in [1.29, 1.82) is 0 Å². The minimum atomic E-state index is -0.790.